The van der Waals surface area contributed by atoms with Crippen LogP contribution in [0.5, 0.6) is 0 Å². The second-order valence-corrected chi connectivity index (χ2v) is 4.04. The van der Waals surface area contributed by atoms with Crippen LogP contribution in [0.1, 0.15) is 20.3 Å². The molecule has 1 aromatic rings. The van der Waals surface area contributed by atoms with E-state index in [0.29, 0.717) is 23.7 Å². The Morgan fingerprint density at radius 3 is 2.87 bits per heavy atom. The van der Waals surface area contributed by atoms with Gasteiger partial charge in [0.05, 0.1) is 5.69 Å². The van der Waals surface area contributed by atoms with Gasteiger partial charge in [0.1, 0.15) is 5.82 Å². The molecule has 84 valence electrons. The number of alkyl halides is 1. The van der Waals surface area contributed by atoms with Crippen molar-refractivity contribution in [1.29, 1.82) is 0 Å². The summed E-state index contributed by atoms with van der Waals surface area (Å²) in [5, 5.41) is 3.38. The summed E-state index contributed by atoms with van der Waals surface area (Å²) in [6.07, 6.45) is 2.70. The van der Waals surface area contributed by atoms with Crippen LogP contribution in [-0.4, -0.2) is 16.9 Å². The molecule has 0 bridgehead atoms. The maximum atomic E-state index is 5.84. The van der Waals surface area contributed by atoms with Crippen molar-refractivity contribution < 1.29 is 0 Å². The summed E-state index contributed by atoms with van der Waals surface area (Å²) < 4.78 is 0. The summed E-state index contributed by atoms with van der Waals surface area (Å²) in [6.45, 7) is 4.26. The fourth-order valence-corrected chi connectivity index (χ4v) is 1.71. The van der Waals surface area contributed by atoms with Crippen LogP contribution in [0.2, 0.25) is 0 Å². The highest BCUT2D eigenvalue weighted by molar-refractivity contribution is 6.18. The lowest BCUT2D eigenvalue weighted by molar-refractivity contribution is 0.516. The van der Waals surface area contributed by atoms with Crippen molar-refractivity contribution in [3.63, 3.8) is 0 Å². The first-order valence-corrected chi connectivity index (χ1v) is 5.75. The zero-order valence-electron chi connectivity index (χ0n) is 9.20. The Hall–Kier alpha value is -0.960. The molecular weight excluding hydrogens is 210 g/mol. The Morgan fingerprint density at radius 1 is 1.60 bits per heavy atom. The van der Waals surface area contributed by atoms with Crippen LogP contribution in [0.25, 0.3) is 0 Å². The summed E-state index contributed by atoms with van der Waals surface area (Å²) in [6, 6.07) is 4.15. The molecule has 0 spiro atoms. The second-order valence-electron chi connectivity index (χ2n) is 3.73. The van der Waals surface area contributed by atoms with Crippen molar-refractivity contribution in [2.75, 3.05) is 16.9 Å². The summed E-state index contributed by atoms with van der Waals surface area (Å²) in [4.78, 5) is 4.03. The minimum atomic E-state index is 0.342. The van der Waals surface area contributed by atoms with Crippen molar-refractivity contribution in [3.8, 4) is 0 Å². The molecule has 1 heterocycles. The standard InChI is InChI=1S/C11H18ClN3/c1-3-9(8(2)7-12)15-10-5-4-6-14-11(10)13/h4-6,8-9,15H,3,7H2,1-2H3,(H2,13,14). The van der Waals surface area contributed by atoms with Crippen LogP contribution < -0.4 is 11.1 Å². The minimum absolute atomic E-state index is 0.342. The second kappa shape index (κ2) is 5.81. The van der Waals surface area contributed by atoms with Gasteiger partial charge in [0.2, 0.25) is 0 Å². The minimum Gasteiger partial charge on any atom is -0.382 e. The average molecular weight is 228 g/mol. The van der Waals surface area contributed by atoms with E-state index in [1.807, 2.05) is 12.1 Å². The number of halogens is 1. The summed E-state index contributed by atoms with van der Waals surface area (Å²) >= 11 is 5.84. The zero-order valence-corrected chi connectivity index (χ0v) is 9.96. The lowest BCUT2D eigenvalue weighted by atomic mass is 10.0. The first-order chi connectivity index (χ1) is 7.19. The van der Waals surface area contributed by atoms with Gasteiger partial charge in [0.15, 0.2) is 0 Å². The van der Waals surface area contributed by atoms with Gasteiger partial charge in [-0.05, 0) is 24.5 Å². The van der Waals surface area contributed by atoms with E-state index in [1.54, 1.807) is 6.20 Å². The molecule has 0 aliphatic carbocycles. The van der Waals surface area contributed by atoms with Gasteiger partial charge in [0.25, 0.3) is 0 Å². The van der Waals surface area contributed by atoms with Crippen molar-refractivity contribution in [3.05, 3.63) is 18.3 Å². The number of nitrogens with two attached hydrogens (primary N) is 1. The zero-order chi connectivity index (χ0) is 11.3. The van der Waals surface area contributed by atoms with E-state index in [4.69, 9.17) is 17.3 Å². The third-order valence-electron chi connectivity index (χ3n) is 2.55. The Bertz CT molecular complexity index is 304. The van der Waals surface area contributed by atoms with Gasteiger partial charge in [-0.1, -0.05) is 13.8 Å². The van der Waals surface area contributed by atoms with Crippen molar-refractivity contribution in [2.24, 2.45) is 5.92 Å². The van der Waals surface area contributed by atoms with Crippen LogP contribution in [0.3, 0.4) is 0 Å². The van der Waals surface area contributed by atoms with Crippen LogP contribution >= 0.6 is 11.6 Å². The Labute approximate surface area is 96.0 Å². The third-order valence-corrected chi connectivity index (χ3v) is 3.04. The molecule has 1 aromatic heterocycles. The third kappa shape index (κ3) is 3.27. The SMILES string of the molecule is CCC(Nc1cccnc1N)C(C)CCl. The van der Waals surface area contributed by atoms with Crippen molar-refractivity contribution in [2.45, 2.75) is 26.3 Å². The molecule has 2 atom stereocenters. The first kappa shape index (κ1) is 12.1. The van der Waals surface area contributed by atoms with Crippen LogP contribution in [0.15, 0.2) is 18.3 Å². The van der Waals surface area contributed by atoms with Gasteiger partial charge in [-0.2, -0.15) is 0 Å². The van der Waals surface area contributed by atoms with E-state index >= 15 is 0 Å². The van der Waals surface area contributed by atoms with E-state index in [1.165, 1.54) is 0 Å². The van der Waals surface area contributed by atoms with Crippen LogP contribution in [-0.2, 0) is 0 Å². The summed E-state index contributed by atoms with van der Waals surface area (Å²) in [7, 11) is 0. The molecule has 3 N–H and O–H groups in total. The highest BCUT2D eigenvalue weighted by atomic mass is 35.5. The quantitative estimate of drug-likeness (QED) is 0.761. The van der Waals surface area contributed by atoms with Gasteiger partial charge in [-0.3, -0.25) is 0 Å². The van der Waals surface area contributed by atoms with E-state index in [0.717, 1.165) is 12.1 Å². The molecule has 4 heteroatoms. The van der Waals surface area contributed by atoms with E-state index < -0.39 is 0 Å². The van der Waals surface area contributed by atoms with Gasteiger partial charge in [-0.25, -0.2) is 4.98 Å². The van der Waals surface area contributed by atoms with Gasteiger partial charge >= 0.3 is 0 Å². The smallest absolute Gasteiger partial charge is 0.146 e. The molecular formula is C11H18ClN3. The number of aromatic nitrogens is 1. The molecule has 0 aliphatic rings. The number of hydrogen-bond donors (Lipinski definition) is 2. The summed E-state index contributed by atoms with van der Waals surface area (Å²) in [5.41, 5.74) is 6.65. The van der Waals surface area contributed by atoms with Gasteiger partial charge < -0.3 is 11.1 Å². The number of pyridine rings is 1. The first-order valence-electron chi connectivity index (χ1n) is 5.22. The maximum absolute atomic E-state index is 5.84. The van der Waals surface area contributed by atoms with Gasteiger partial charge in [-0.15, -0.1) is 11.6 Å². The van der Waals surface area contributed by atoms with Crippen LogP contribution in [0, 0.1) is 5.92 Å². The highest BCUT2D eigenvalue weighted by Gasteiger charge is 2.15. The predicted octanol–water partition coefficient (Wildman–Crippen LogP) is 2.73. The number of nitrogen functional groups attached to an aromatic ring is 1. The molecule has 0 aromatic carbocycles. The van der Waals surface area contributed by atoms with Crippen molar-refractivity contribution in [1.82, 2.24) is 4.98 Å². The molecule has 0 saturated carbocycles. The highest BCUT2D eigenvalue weighted by Crippen LogP contribution is 2.19. The molecule has 0 radical (unpaired) electrons. The molecule has 15 heavy (non-hydrogen) atoms. The Kier molecular flexibility index (Phi) is 4.69. The molecule has 0 fully saturated rings. The lowest BCUT2D eigenvalue weighted by Gasteiger charge is -2.23. The molecule has 2 unspecified atom stereocenters. The number of hydrogen-bond acceptors (Lipinski definition) is 3. The molecule has 0 aliphatic heterocycles. The molecule has 3 nitrogen and oxygen atoms in total. The fraction of sp³-hybridized carbons (Fsp3) is 0.545. The van der Waals surface area contributed by atoms with Crippen molar-refractivity contribution >= 4 is 23.1 Å². The molecule has 0 amide bonds. The Balaban J connectivity index is 2.71. The monoisotopic (exact) mass is 227 g/mol. The van der Waals surface area contributed by atoms with E-state index in [-0.39, 0.29) is 0 Å². The average Bonchev–Trinajstić information content (AvgIpc) is 2.27. The number of nitrogens with one attached hydrogen (secondary N) is 1. The fourth-order valence-electron chi connectivity index (χ4n) is 1.49. The molecule has 0 saturated heterocycles. The largest absolute Gasteiger partial charge is 0.382 e. The van der Waals surface area contributed by atoms with Gasteiger partial charge in [0, 0.05) is 18.1 Å². The number of anilines is 2. The van der Waals surface area contributed by atoms with E-state index in [2.05, 4.69) is 24.1 Å². The van der Waals surface area contributed by atoms with E-state index in [9.17, 15) is 0 Å². The number of rotatable bonds is 5. The summed E-state index contributed by atoms with van der Waals surface area (Å²) in [5.74, 6) is 1.60. The van der Waals surface area contributed by atoms with Crippen LogP contribution in [0.4, 0.5) is 11.5 Å². The maximum Gasteiger partial charge on any atom is 0.146 e. The molecule has 1 rings (SSSR count). The normalized spacial score (nSPS) is 14.6. The topological polar surface area (TPSA) is 50.9 Å². The number of nitrogens with zero attached hydrogens (tertiary/aromatic N) is 1. The predicted molar refractivity (Wildman–Crippen MR) is 66.2 cm³/mol. The Morgan fingerprint density at radius 2 is 2.33 bits per heavy atom. The lowest BCUT2D eigenvalue weighted by Crippen LogP contribution is -2.28.